The van der Waals surface area contributed by atoms with Gasteiger partial charge in [0.15, 0.2) is 0 Å². The Morgan fingerprint density at radius 2 is 1.55 bits per heavy atom. The number of aryl methyl sites for hydroxylation is 2. The van der Waals surface area contributed by atoms with Gasteiger partial charge in [-0.1, -0.05) is 18.2 Å². The van der Waals surface area contributed by atoms with Crippen LogP contribution < -0.4 is 15.6 Å². The van der Waals surface area contributed by atoms with Crippen molar-refractivity contribution in [1.82, 2.24) is 5.32 Å². The van der Waals surface area contributed by atoms with Crippen LogP contribution in [0.25, 0.3) is 33.4 Å². The molecule has 2 aromatic rings. The number of rotatable bonds is 16. The van der Waals surface area contributed by atoms with Crippen molar-refractivity contribution in [1.29, 1.82) is 0 Å². The van der Waals surface area contributed by atoms with E-state index in [0.29, 0.717) is 68.8 Å². The molecule has 0 saturated heterocycles. The van der Waals surface area contributed by atoms with Crippen molar-refractivity contribution in [2.75, 3.05) is 51.0 Å². The number of esters is 1. The van der Waals surface area contributed by atoms with Gasteiger partial charge in [0.05, 0.1) is 23.2 Å². The fourth-order valence-corrected chi connectivity index (χ4v) is 8.82. The Bertz CT molecular complexity index is 1770. The Morgan fingerprint density at radius 3 is 2.18 bits per heavy atom. The molecule has 1 heterocycles. The highest BCUT2D eigenvalue weighted by molar-refractivity contribution is 6.60. The maximum Gasteiger partial charge on any atom is 0.500 e. The number of ether oxygens (including phenoxy) is 1. The minimum Gasteiger partial charge on any atom is -0.462 e. The molecular formula is C38H51N3O7Si. The predicted octanol–water partition coefficient (Wildman–Crippen LogP) is 7.89. The number of nitrogens with one attached hydrogen (secondary N) is 1. The second-order valence-corrected chi connectivity index (χ2v) is 14.3. The number of urea groups is 1. The monoisotopic (exact) mass is 689 g/mol. The molecule has 0 unspecified atom stereocenters. The van der Waals surface area contributed by atoms with Crippen molar-refractivity contribution in [3.8, 4) is 22.5 Å². The summed E-state index contributed by atoms with van der Waals surface area (Å²) in [7, 11) is -2.80. The van der Waals surface area contributed by atoms with Crippen molar-refractivity contribution >= 4 is 37.5 Å². The van der Waals surface area contributed by atoms with Crippen molar-refractivity contribution in [3.63, 3.8) is 0 Å². The fraction of sp³-hybridized carbons (Fsp3) is 0.447. The zero-order valence-corrected chi connectivity index (χ0v) is 31.2. The molecule has 2 amide bonds. The van der Waals surface area contributed by atoms with Crippen LogP contribution in [0.3, 0.4) is 0 Å². The van der Waals surface area contributed by atoms with Gasteiger partial charge in [-0.25, -0.2) is 9.59 Å². The molecule has 10 nitrogen and oxygen atoms in total. The number of anilines is 1. The van der Waals surface area contributed by atoms with Gasteiger partial charge in [-0.2, -0.15) is 0 Å². The van der Waals surface area contributed by atoms with E-state index in [4.69, 9.17) is 22.4 Å². The van der Waals surface area contributed by atoms with Gasteiger partial charge in [-0.05, 0) is 96.7 Å². The highest BCUT2D eigenvalue weighted by atomic mass is 28.4. The predicted molar refractivity (Wildman–Crippen MR) is 196 cm³/mol. The fourth-order valence-electron chi connectivity index (χ4n) is 6.21. The van der Waals surface area contributed by atoms with Crippen molar-refractivity contribution < 1.29 is 32.0 Å². The van der Waals surface area contributed by atoms with Crippen LogP contribution in [0.15, 0.2) is 57.9 Å². The maximum absolute atomic E-state index is 13.6. The average Bonchev–Trinajstić information content (AvgIpc) is 3.07. The van der Waals surface area contributed by atoms with E-state index in [1.54, 1.807) is 17.9 Å². The van der Waals surface area contributed by atoms with Crippen LogP contribution >= 0.6 is 0 Å². The van der Waals surface area contributed by atoms with Crippen LogP contribution in [0.4, 0.5) is 10.5 Å². The lowest BCUT2D eigenvalue weighted by atomic mass is 9.89. The standard InChI is InChI=1S/C38H51N3O7Si/c1-9-39-32-24-34-30(22-26(32)7)36(28-18-15-16-19-29(28)37(42)44-11-3)31-23-27(8)33(25-35(31)48-34)41(10-2)38(43)40-20-17-21-49(45-12-4,46-13-5)47-14-6/h15-16,18-19,22-25H,9-14,17,20-21H2,1-8H3,(H,40,43). The first-order valence-corrected chi connectivity index (χ1v) is 19.4. The molecule has 1 aliphatic heterocycles. The van der Waals surface area contributed by atoms with Crippen LogP contribution in [-0.2, 0) is 18.0 Å². The number of nitrogens with zero attached hydrogens (tertiary/aromatic N) is 2. The van der Waals surface area contributed by atoms with Gasteiger partial charge in [0.2, 0.25) is 0 Å². The van der Waals surface area contributed by atoms with E-state index < -0.39 is 8.80 Å². The summed E-state index contributed by atoms with van der Waals surface area (Å²) in [5.41, 5.74) is 6.14. The first-order chi connectivity index (χ1) is 23.7. The highest BCUT2D eigenvalue weighted by Crippen LogP contribution is 2.43. The lowest BCUT2D eigenvalue weighted by molar-refractivity contribution is 0.0527. The largest absolute Gasteiger partial charge is 0.500 e. The number of hydrogen-bond donors (Lipinski definition) is 1. The van der Waals surface area contributed by atoms with Crippen LogP contribution in [0, 0.1) is 13.8 Å². The van der Waals surface area contributed by atoms with E-state index in [1.165, 1.54) is 0 Å². The second-order valence-electron chi connectivity index (χ2n) is 11.5. The summed E-state index contributed by atoms with van der Waals surface area (Å²) < 4.78 is 30.0. The molecule has 0 atom stereocenters. The topological polar surface area (TPSA) is 112 Å². The summed E-state index contributed by atoms with van der Waals surface area (Å²) in [6, 6.07) is 15.8. The molecule has 0 fully saturated rings. The maximum atomic E-state index is 13.6. The molecule has 1 N–H and O–H groups in total. The van der Waals surface area contributed by atoms with Crippen LogP contribution in [-0.4, -0.2) is 66.9 Å². The van der Waals surface area contributed by atoms with E-state index in [1.807, 2.05) is 84.9 Å². The first kappa shape index (κ1) is 37.8. The minimum atomic E-state index is -2.80. The van der Waals surface area contributed by atoms with E-state index in [-0.39, 0.29) is 18.6 Å². The Balaban J connectivity index is 1.78. The molecule has 0 spiro atoms. The highest BCUT2D eigenvalue weighted by Gasteiger charge is 2.39. The smallest absolute Gasteiger partial charge is 0.462 e. The molecule has 264 valence electrons. The van der Waals surface area contributed by atoms with Gasteiger partial charge in [-0.15, -0.1) is 0 Å². The van der Waals surface area contributed by atoms with Gasteiger partial charge >= 0.3 is 20.8 Å². The molecule has 2 aliphatic rings. The van der Waals surface area contributed by atoms with Gasteiger partial charge in [-0.3, -0.25) is 9.89 Å². The molecule has 4 rings (SSSR count). The lowest BCUT2D eigenvalue weighted by Crippen LogP contribution is -2.47. The number of amides is 2. The Morgan fingerprint density at radius 1 is 0.857 bits per heavy atom. The van der Waals surface area contributed by atoms with Gasteiger partial charge in [0.1, 0.15) is 11.3 Å². The first-order valence-electron chi connectivity index (χ1n) is 17.4. The molecular weight excluding hydrogens is 639 g/mol. The molecule has 11 heteroatoms. The lowest BCUT2D eigenvalue weighted by Gasteiger charge is -2.29. The molecule has 0 saturated carbocycles. The number of carbonyl (C=O) groups excluding carboxylic acids is 2. The zero-order chi connectivity index (χ0) is 35.6. The zero-order valence-electron chi connectivity index (χ0n) is 30.2. The SMILES string of the molecule is CCN=c1cc2oc3cc(N(CC)C(=O)NCCC[Si](OCC)(OCC)OCC)c(C)cc3c(-c3ccccc3C(=O)OCC)c-2cc1C. The third kappa shape index (κ3) is 8.59. The van der Waals surface area contributed by atoms with E-state index >= 15 is 0 Å². The number of benzene rings is 3. The minimum absolute atomic E-state index is 0.213. The number of carbonyl (C=O) groups is 2. The normalized spacial score (nSPS) is 12.1. The second kappa shape index (κ2) is 17.6. The molecule has 49 heavy (non-hydrogen) atoms. The molecule has 1 aliphatic carbocycles. The van der Waals surface area contributed by atoms with Crippen molar-refractivity contribution in [3.05, 3.63) is 70.6 Å². The average molecular weight is 690 g/mol. The summed E-state index contributed by atoms with van der Waals surface area (Å²) in [5, 5.41) is 4.75. The molecule has 0 radical (unpaired) electrons. The van der Waals surface area contributed by atoms with E-state index in [2.05, 4.69) is 16.4 Å². The van der Waals surface area contributed by atoms with Crippen LogP contribution in [0.5, 0.6) is 0 Å². The summed E-state index contributed by atoms with van der Waals surface area (Å²) in [5.74, 6) is 0.243. The van der Waals surface area contributed by atoms with Crippen LogP contribution in [0.1, 0.15) is 69.4 Å². The van der Waals surface area contributed by atoms with Gasteiger partial charge in [0, 0.05) is 74.1 Å². The Labute approximate surface area is 291 Å². The van der Waals surface area contributed by atoms with Crippen molar-refractivity contribution in [2.45, 2.75) is 67.9 Å². The number of fused-ring (bicyclic) bond motifs is 2. The van der Waals surface area contributed by atoms with E-state index in [9.17, 15) is 9.59 Å². The quantitative estimate of drug-likeness (QED) is 0.0551. The summed E-state index contributed by atoms with van der Waals surface area (Å²) >= 11 is 0. The summed E-state index contributed by atoms with van der Waals surface area (Å²) in [6.45, 7) is 18.9. The molecule has 0 bridgehead atoms. The van der Waals surface area contributed by atoms with E-state index in [0.717, 1.165) is 44.2 Å². The third-order valence-corrected chi connectivity index (χ3v) is 11.4. The van der Waals surface area contributed by atoms with Gasteiger partial charge in [0.25, 0.3) is 0 Å². The molecule has 2 aromatic carbocycles. The third-order valence-electron chi connectivity index (χ3n) is 8.26. The summed E-state index contributed by atoms with van der Waals surface area (Å²) in [4.78, 5) is 33.2. The Hall–Kier alpha value is -4.03. The van der Waals surface area contributed by atoms with Gasteiger partial charge < -0.3 is 27.7 Å². The van der Waals surface area contributed by atoms with Crippen molar-refractivity contribution in [2.24, 2.45) is 4.99 Å². The number of hydrogen-bond acceptors (Lipinski definition) is 8. The summed E-state index contributed by atoms with van der Waals surface area (Å²) in [6.07, 6.45) is 0.654. The van der Waals surface area contributed by atoms with Crippen LogP contribution in [0.2, 0.25) is 6.04 Å². The molecule has 0 aromatic heterocycles. The Kier molecular flexibility index (Phi) is 13.5.